The third kappa shape index (κ3) is 3.19. The molecule has 0 aromatic carbocycles. The number of aryl methyl sites for hydroxylation is 1. The third-order valence-corrected chi connectivity index (χ3v) is 1.55. The van der Waals surface area contributed by atoms with Gasteiger partial charge in [-0.05, 0) is 6.26 Å². The number of nitrogens with one attached hydrogen (secondary N) is 1. The number of hydrogen-bond donors (Lipinski definition) is 1. The molecule has 0 fully saturated rings. The van der Waals surface area contributed by atoms with E-state index in [1.54, 1.807) is 7.05 Å². The fourth-order valence-corrected chi connectivity index (χ4v) is 1.01. The van der Waals surface area contributed by atoms with E-state index in [4.69, 9.17) is 0 Å². The van der Waals surface area contributed by atoms with Crippen molar-refractivity contribution >= 4 is 11.8 Å². The van der Waals surface area contributed by atoms with E-state index < -0.39 is 0 Å². The van der Waals surface area contributed by atoms with Gasteiger partial charge in [0.25, 0.3) is 6.20 Å². The number of aromatic nitrogens is 3. The van der Waals surface area contributed by atoms with Crippen LogP contribution in [0, 0.1) is 0 Å². The van der Waals surface area contributed by atoms with Crippen LogP contribution in [0.15, 0.2) is 16.1 Å². The monoisotopic (exact) mass is 285 g/mol. The number of aromatic amines is 1. The second-order valence-electron chi connectivity index (χ2n) is 1.80. The first-order chi connectivity index (χ1) is 4.72. The van der Waals surface area contributed by atoms with Crippen LogP contribution in [0.5, 0.6) is 0 Å². The summed E-state index contributed by atoms with van der Waals surface area (Å²) in [7, 11) is 1.72. The highest BCUT2D eigenvalue weighted by atomic mass is 127. The lowest BCUT2D eigenvalue weighted by atomic mass is 10.8. The normalized spacial score (nSPS) is 8.91. The van der Waals surface area contributed by atoms with Gasteiger partial charge in [0.1, 0.15) is 0 Å². The number of nitrogens with zero attached hydrogens (tertiary/aromatic N) is 2. The highest BCUT2D eigenvalue weighted by molar-refractivity contribution is 7.98. The third-order valence-electron chi connectivity index (χ3n) is 0.976. The summed E-state index contributed by atoms with van der Waals surface area (Å²) < 4.78 is 1.49. The van der Waals surface area contributed by atoms with Crippen LogP contribution in [0.3, 0.4) is 0 Å². The molecule has 0 aliphatic rings. The lowest BCUT2D eigenvalue weighted by Gasteiger charge is -1.88. The molecule has 0 aliphatic carbocycles. The molecule has 0 saturated carbocycles. The van der Waals surface area contributed by atoms with Gasteiger partial charge in [-0.3, -0.25) is 9.78 Å². The van der Waals surface area contributed by atoms with Crippen molar-refractivity contribution < 1.29 is 28.7 Å². The molecule has 1 N–H and O–H groups in total. The van der Waals surface area contributed by atoms with Gasteiger partial charge in [-0.25, -0.2) is 0 Å². The van der Waals surface area contributed by atoms with Crippen molar-refractivity contribution in [2.45, 2.75) is 5.16 Å². The standard InChI is InChI=1S/C5H7N3OS.HI/c1-8-3-4(9)6-5(7-8)10-2;/h3H,1-2H3;1H. The summed E-state index contributed by atoms with van der Waals surface area (Å²) >= 11 is 1.41. The van der Waals surface area contributed by atoms with Crippen LogP contribution in [0.25, 0.3) is 0 Å². The van der Waals surface area contributed by atoms with Gasteiger partial charge in [0, 0.05) is 5.10 Å². The fourth-order valence-electron chi connectivity index (χ4n) is 0.596. The van der Waals surface area contributed by atoms with Crippen molar-refractivity contribution in [1.29, 1.82) is 0 Å². The molecule has 1 aromatic rings. The average Bonchev–Trinajstić information content (AvgIpc) is 1.85. The fraction of sp³-hybridized carbons (Fsp3) is 0.400. The van der Waals surface area contributed by atoms with Crippen LogP contribution in [-0.4, -0.2) is 16.3 Å². The Morgan fingerprint density at radius 2 is 2.36 bits per heavy atom. The van der Waals surface area contributed by atoms with E-state index in [2.05, 4.69) is 10.1 Å². The Morgan fingerprint density at radius 1 is 1.73 bits per heavy atom. The van der Waals surface area contributed by atoms with Crippen LogP contribution in [0.1, 0.15) is 0 Å². The second kappa shape index (κ2) is 4.70. The van der Waals surface area contributed by atoms with Gasteiger partial charge in [-0.1, -0.05) is 16.4 Å². The highest BCUT2D eigenvalue weighted by Gasteiger charge is 2.00. The smallest absolute Gasteiger partial charge is 0.316 e. The summed E-state index contributed by atoms with van der Waals surface area (Å²) in [6.07, 6.45) is 3.25. The summed E-state index contributed by atoms with van der Waals surface area (Å²) in [6.45, 7) is 0. The number of hydrogen-bond acceptors (Lipinski definition) is 3. The molecule has 6 heteroatoms. The molecule has 0 spiro atoms. The van der Waals surface area contributed by atoms with Gasteiger partial charge in [0.05, 0.1) is 0 Å². The number of halogens is 1. The molecular weight excluding hydrogens is 277 g/mol. The SMILES string of the molecule is CSc1n[n+](C)cc(=O)[nH]1.[I-]. The first kappa shape index (κ1) is 10.9. The Morgan fingerprint density at radius 3 is 2.82 bits per heavy atom. The first-order valence-corrected chi connectivity index (χ1v) is 3.96. The van der Waals surface area contributed by atoms with E-state index in [9.17, 15) is 4.79 Å². The maximum Gasteiger partial charge on any atom is 0.316 e. The minimum absolute atomic E-state index is 0. The van der Waals surface area contributed by atoms with Crippen molar-refractivity contribution in [2.75, 3.05) is 6.26 Å². The Hall–Kier alpha value is -0.110. The molecule has 62 valence electrons. The molecule has 0 atom stereocenters. The zero-order valence-corrected chi connectivity index (χ0v) is 9.14. The molecule has 0 amide bonds. The van der Waals surface area contributed by atoms with Crippen LogP contribution in [-0.2, 0) is 7.05 Å². The summed E-state index contributed by atoms with van der Waals surface area (Å²) in [5, 5.41) is 4.61. The molecular formula is C5H8IN3OS. The van der Waals surface area contributed by atoms with Gasteiger partial charge < -0.3 is 24.0 Å². The van der Waals surface area contributed by atoms with Crippen molar-refractivity contribution in [1.82, 2.24) is 10.1 Å². The van der Waals surface area contributed by atoms with Gasteiger partial charge in [-0.15, -0.1) is 0 Å². The topological polar surface area (TPSA) is 49.6 Å². The molecule has 1 heterocycles. The molecule has 4 nitrogen and oxygen atoms in total. The van der Waals surface area contributed by atoms with E-state index >= 15 is 0 Å². The minimum atomic E-state index is -0.123. The lowest BCUT2D eigenvalue weighted by Crippen LogP contribution is -3.00. The molecule has 0 unspecified atom stereocenters. The molecule has 11 heavy (non-hydrogen) atoms. The molecule has 0 radical (unpaired) electrons. The number of H-pyrrole nitrogens is 1. The Kier molecular flexibility index (Phi) is 4.66. The number of thioether (sulfide) groups is 1. The van der Waals surface area contributed by atoms with Crippen LogP contribution >= 0.6 is 11.8 Å². The Bertz CT molecular complexity index is 287. The van der Waals surface area contributed by atoms with E-state index in [0.717, 1.165) is 0 Å². The zero-order chi connectivity index (χ0) is 7.56. The Labute approximate surface area is 85.4 Å². The van der Waals surface area contributed by atoms with E-state index in [0.29, 0.717) is 5.16 Å². The summed E-state index contributed by atoms with van der Waals surface area (Å²) in [5.41, 5.74) is -0.123. The zero-order valence-electron chi connectivity index (χ0n) is 6.17. The van der Waals surface area contributed by atoms with E-state index in [1.807, 2.05) is 6.26 Å². The van der Waals surface area contributed by atoms with Gasteiger partial charge >= 0.3 is 5.56 Å². The minimum Gasteiger partial charge on any atom is -1.00 e. The lowest BCUT2D eigenvalue weighted by molar-refractivity contribution is -0.735. The van der Waals surface area contributed by atoms with Crippen LogP contribution in [0.2, 0.25) is 0 Å². The maximum atomic E-state index is 10.7. The largest absolute Gasteiger partial charge is 1.00 e. The molecule has 1 rings (SSSR count). The molecule has 0 aliphatic heterocycles. The average molecular weight is 285 g/mol. The van der Waals surface area contributed by atoms with E-state index in [1.165, 1.54) is 22.6 Å². The van der Waals surface area contributed by atoms with Crippen molar-refractivity contribution in [3.8, 4) is 0 Å². The van der Waals surface area contributed by atoms with Crippen LogP contribution < -0.4 is 34.2 Å². The van der Waals surface area contributed by atoms with Crippen molar-refractivity contribution in [3.05, 3.63) is 16.6 Å². The maximum absolute atomic E-state index is 10.7. The van der Waals surface area contributed by atoms with Gasteiger partial charge in [-0.2, -0.15) is 0 Å². The van der Waals surface area contributed by atoms with Crippen LogP contribution in [0.4, 0.5) is 0 Å². The molecule has 0 saturated heterocycles. The first-order valence-electron chi connectivity index (χ1n) is 2.73. The molecule has 1 aromatic heterocycles. The molecule has 0 bridgehead atoms. The van der Waals surface area contributed by atoms with Crippen molar-refractivity contribution in [3.63, 3.8) is 0 Å². The quantitative estimate of drug-likeness (QED) is 0.328. The Balaban J connectivity index is 0.000001000. The summed E-state index contributed by atoms with van der Waals surface area (Å²) in [5.74, 6) is 0. The summed E-state index contributed by atoms with van der Waals surface area (Å²) in [6, 6.07) is 0. The van der Waals surface area contributed by atoms with Crippen molar-refractivity contribution in [2.24, 2.45) is 7.05 Å². The highest BCUT2D eigenvalue weighted by Crippen LogP contribution is 2.00. The van der Waals surface area contributed by atoms with Gasteiger partial charge in [0.2, 0.25) is 5.16 Å². The predicted molar refractivity (Wildman–Crippen MR) is 37.8 cm³/mol. The van der Waals surface area contributed by atoms with Gasteiger partial charge in [0.15, 0.2) is 7.05 Å². The summed E-state index contributed by atoms with van der Waals surface area (Å²) in [4.78, 5) is 13.3. The number of rotatable bonds is 1. The predicted octanol–water partition coefficient (Wildman–Crippen LogP) is -3.68. The second-order valence-corrected chi connectivity index (χ2v) is 2.60. The van der Waals surface area contributed by atoms with E-state index in [-0.39, 0.29) is 29.5 Å².